The summed E-state index contributed by atoms with van der Waals surface area (Å²) in [5.41, 5.74) is 0.856. The SMILES string of the molecule is CC(C)C(C)CNCC(O)c1ccc2c(c1)OCO2. The van der Waals surface area contributed by atoms with Crippen LogP contribution in [0.2, 0.25) is 0 Å². The van der Waals surface area contributed by atoms with Crippen molar-refractivity contribution in [2.24, 2.45) is 11.8 Å². The molecule has 2 N–H and O–H groups in total. The molecular formula is C15H23NO3. The van der Waals surface area contributed by atoms with Gasteiger partial charge < -0.3 is 19.9 Å². The molecule has 1 aromatic rings. The van der Waals surface area contributed by atoms with Crippen LogP contribution in [0, 0.1) is 11.8 Å². The second-order valence-electron chi connectivity index (χ2n) is 5.51. The Bertz CT molecular complexity index is 420. The second-order valence-corrected chi connectivity index (χ2v) is 5.51. The van der Waals surface area contributed by atoms with Gasteiger partial charge in [-0.05, 0) is 36.1 Å². The third kappa shape index (κ3) is 3.61. The molecule has 0 aromatic heterocycles. The first-order valence-electron chi connectivity index (χ1n) is 6.86. The third-order valence-electron chi connectivity index (χ3n) is 3.72. The normalized spacial score (nSPS) is 16.7. The van der Waals surface area contributed by atoms with Crippen molar-refractivity contribution in [1.29, 1.82) is 0 Å². The molecule has 2 unspecified atom stereocenters. The topological polar surface area (TPSA) is 50.7 Å². The van der Waals surface area contributed by atoms with E-state index in [1.807, 2.05) is 18.2 Å². The molecule has 106 valence electrons. The standard InChI is InChI=1S/C15H23NO3/c1-10(2)11(3)7-16-8-13(17)12-4-5-14-15(6-12)19-9-18-14/h4-6,10-11,13,16-17H,7-9H2,1-3H3. The molecule has 4 nitrogen and oxygen atoms in total. The van der Waals surface area contributed by atoms with Gasteiger partial charge in [0.2, 0.25) is 6.79 Å². The molecule has 0 spiro atoms. The molecule has 1 aliphatic heterocycles. The zero-order valence-electron chi connectivity index (χ0n) is 11.8. The first-order valence-corrected chi connectivity index (χ1v) is 6.86. The maximum Gasteiger partial charge on any atom is 0.231 e. The summed E-state index contributed by atoms with van der Waals surface area (Å²) in [4.78, 5) is 0. The smallest absolute Gasteiger partial charge is 0.231 e. The van der Waals surface area contributed by atoms with Crippen LogP contribution in [0.1, 0.15) is 32.4 Å². The molecule has 1 heterocycles. The third-order valence-corrected chi connectivity index (χ3v) is 3.72. The number of hydrogen-bond acceptors (Lipinski definition) is 4. The highest BCUT2D eigenvalue weighted by atomic mass is 16.7. The van der Waals surface area contributed by atoms with Crippen molar-refractivity contribution in [3.63, 3.8) is 0 Å². The molecule has 2 atom stereocenters. The minimum atomic E-state index is -0.520. The van der Waals surface area contributed by atoms with Gasteiger partial charge in [-0.1, -0.05) is 26.8 Å². The Labute approximate surface area is 114 Å². The maximum absolute atomic E-state index is 10.1. The van der Waals surface area contributed by atoms with E-state index < -0.39 is 6.10 Å². The van der Waals surface area contributed by atoms with E-state index >= 15 is 0 Å². The summed E-state index contributed by atoms with van der Waals surface area (Å²) in [5.74, 6) is 2.71. The molecule has 0 saturated carbocycles. The number of fused-ring (bicyclic) bond motifs is 1. The summed E-state index contributed by atoms with van der Waals surface area (Å²) >= 11 is 0. The molecule has 0 radical (unpaired) electrons. The fourth-order valence-electron chi connectivity index (χ4n) is 1.92. The van der Waals surface area contributed by atoms with Crippen LogP contribution >= 0.6 is 0 Å². The Balaban J connectivity index is 1.84. The van der Waals surface area contributed by atoms with Crippen molar-refractivity contribution in [3.05, 3.63) is 23.8 Å². The second kappa shape index (κ2) is 6.26. The summed E-state index contributed by atoms with van der Waals surface area (Å²) in [6, 6.07) is 5.57. The van der Waals surface area contributed by atoms with Gasteiger partial charge in [-0.15, -0.1) is 0 Å². The Morgan fingerprint density at radius 2 is 1.89 bits per heavy atom. The molecule has 2 rings (SSSR count). The quantitative estimate of drug-likeness (QED) is 0.829. The van der Waals surface area contributed by atoms with Crippen LogP contribution in [-0.4, -0.2) is 25.0 Å². The minimum absolute atomic E-state index is 0.263. The number of ether oxygens (including phenoxy) is 2. The predicted molar refractivity (Wildman–Crippen MR) is 74.4 cm³/mol. The highest BCUT2D eigenvalue weighted by Crippen LogP contribution is 2.34. The van der Waals surface area contributed by atoms with Gasteiger partial charge in [0.25, 0.3) is 0 Å². The molecule has 0 fully saturated rings. The van der Waals surface area contributed by atoms with E-state index in [4.69, 9.17) is 9.47 Å². The first kappa shape index (κ1) is 14.2. The zero-order chi connectivity index (χ0) is 13.8. The van der Waals surface area contributed by atoms with E-state index in [2.05, 4.69) is 26.1 Å². The number of rotatable bonds is 6. The van der Waals surface area contributed by atoms with E-state index in [1.54, 1.807) is 0 Å². The number of hydrogen-bond donors (Lipinski definition) is 2. The van der Waals surface area contributed by atoms with Gasteiger partial charge in [0, 0.05) is 6.54 Å². The van der Waals surface area contributed by atoms with Gasteiger partial charge in [0.15, 0.2) is 11.5 Å². The largest absolute Gasteiger partial charge is 0.454 e. The zero-order valence-corrected chi connectivity index (χ0v) is 11.8. The fraction of sp³-hybridized carbons (Fsp3) is 0.600. The minimum Gasteiger partial charge on any atom is -0.454 e. The van der Waals surface area contributed by atoms with Gasteiger partial charge in [0.05, 0.1) is 6.10 Å². The van der Waals surface area contributed by atoms with Crippen LogP contribution in [0.15, 0.2) is 18.2 Å². The van der Waals surface area contributed by atoms with Crippen LogP contribution in [0.4, 0.5) is 0 Å². The number of benzene rings is 1. The van der Waals surface area contributed by atoms with E-state index in [0.29, 0.717) is 24.1 Å². The summed E-state index contributed by atoms with van der Waals surface area (Å²) in [7, 11) is 0. The van der Waals surface area contributed by atoms with Crippen LogP contribution < -0.4 is 14.8 Å². The van der Waals surface area contributed by atoms with E-state index in [9.17, 15) is 5.11 Å². The van der Waals surface area contributed by atoms with Crippen molar-refractivity contribution >= 4 is 0 Å². The van der Waals surface area contributed by atoms with Gasteiger partial charge in [-0.2, -0.15) is 0 Å². The maximum atomic E-state index is 10.1. The Morgan fingerprint density at radius 1 is 1.16 bits per heavy atom. The first-order chi connectivity index (χ1) is 9.08. The fourth-order valence-corrected chi connectivity index (χ4v) is 1.92. The lowest BCUT2D eigenvalue weighted by Gasteiger charge is -2.18. The van der Waals surface area contributed by atoms with Gasteiger partial charge in [-0.25, -0.2) is 0 Å². The summed E-state index contributed by atoms with van der Waals surface area (Å²) in [5, 5.41) is 13.5. The highest BCUT2D eigenvalue weighted by Gasteiger charge is 2.16. The van der Waals surface area contributed by atoms with Gasteiger partial charge in [-0.3, -0.25) is 0 Å². The number of aliphatic hydroxyl groups excluding tert-OH is 1. The molecule has 0 aliphatic carbocycles. The van der Waals surface area contributed by atoms with Crippen molar-refractivity contribution in [2.75, 3.05) is 19.9 Å². The molecule has 1 aromatic carbocycles. The van der Waals surface area contributed by atoms with Gasteiger partial charge >= 0.3 is 0 Å². The average molecular weight is 265 g/mol. The monoisotopic (exact) mass is 265 g/mol. The summed E-state index contributed by atoms with van der Waals surface area (Å²) < 4.78 is 10.6. The lowest BCUT2D eigenvalue weighted by atomic mass is 9.98. The highest BCUT2D eigenvalue weighted by molar-refractivity contribution is 5.45. The predicted octanol–water partition coefficient (Wildman–Crippen LogP) is 2.33. The lowest BCUT2D eigenvalue weighted by Crippen LogP contribution is -2.28. The van der Waals surface area contributed by atoms with Crippen molar-refractivity contribution < 1.29 is 14.6 Å². The average Bonchev–Trinajstić information content (AvgIpc) is 2.85. The van der Waals surface area contributed by atoms with Crippen molar-refractivity contribution in [3.8, 4) is 11.5 Å². The number of aliphatic hydroxyl groups is 1. The molecule has 19 heavy (non-hydrogen) atoms. The van der Waals surface area contributed by atoms with E-state index in [-0.39, 0.29) is 6.79 Å². The summed E-state index contributed by atoms with van der Waals surface area (Å²) in [6.45, 7) is 8.36. The molecule has 0 saturated heterocycles. The molecule has 1 aliphatic rings. The molecule has 0 bridgehead atoms. The molecular weight excluding hydrogens is 242 g/mol. The lowest BCUT2D eigenvalue weighted by molar-refractivity contribution is 0.168. The Morgan fingerprint density at radius 3 is 2.63 bits per heavy atom. The van der Waals surface area contributed by atoms with Crippen LogP contribution in [0.3, 0.4) is 0 Å². The van der Waals surface area contributed by atoms with Gasteiger partial charge in [0.1, 0.15) is 0 Å². The van der Waals surface area contributed by atoms with Crippen LogP contribution in [0.5, 0.6) is 11.5 Å². The van der Waals surface area contributed by atoms with Crippen molar-refractivity contribution in [1.82, 2.24) is 5.32 Å². The Hall–Kier alpha value is -1.26. The number of nitrogens with one attached hydrogen (secondary N) is 1. The molecule has 0 amide bonds. The van der Waals surface area contributed by atoms with E-state index in [1.165, 1.54) is 0 Å². The summed E-state index contributed by atoms with van der Waals surface area (Å²) in [6.07, 6.45) is -0.520. The Kier molecular flexibility index (Phi) is 4.66. The van der Waals surface area contributed by atoms with Crippen LogP contribution in [-0.2, 0) is 0 Å². The van der Waals surface area contributed by atoms with Crippen molar-refractivity contribution in [2.45, 2.75) is 26.9 Å². The van der Waals surface area contributed by atoms with E-state index in [0.717, 1.165) is 17.9 Å². The van der Waals surface area contributed by atoms with Crippen LogP contribution in [0.25, 0.3) is 0 Å². The molecule has 4 heteroatoms.